The summed E-state index contributed by atoms with van der Waals surface area (Å²) < 4.78 is 0. The largest absolute Gasteiger partial charge is 0.294 e. The summed E-state index contributed by atoms with van der Waals surface area (Å²) in [7, 11) is 0. The van der Waals surface area contributed by atoms with Crippen LogP contribution in [0.5, 0.6) is 0 Å². The molecule has 0 unspecified atom stereocenters. The molecule has 0 aliphatic heterocycles. The summed E-state index contributed by atoms with van der Waals surface area (Å²) in [6.07, 6.45) is 0. The van der Waals surface area contributed by atoms with Crippen LogP contribution in [0.1, 0.15) is 11.1 Å². The van der Waals surface area contributed by atoms with Gasteiger partial charge in [-0.2, -0.15) is 0 Å². The van der Waals surface area contributed by atoms with E-state index in [1.54, 1.807) is 11.8 Å². The summed E-state index contributed by atoms with van der Waals surface area (Å²) in [5.41, 5.74) is 4.63. The summed E-state index contributed by atoms with van der Waals surface area (Å²) >= 11 is 1.56. The van der Waals surface area contributed by atoms with Crippen LogP contribution in [0.15, 0.2) is 24.3 Å². The fourth-order valence-electron chi connectivity index (χ4n) is 1.07. The van der Waals surface area contributed by atoms with Gasteiger partial charge in [0.1, 0.15) is 0 Å². The maximum Gasteiger partial charge on any atom is 0.243 e. The van der Waals surface area contributed by atoms with E-state index in [0.717, 1.165) is 5.75 Å². The van der Waals surface area contributed by atoms with Gasteiger partial charge in [0, 0.05) is 5.75 Å². The van der Waals surface area contributed by atoms with Gasteiger partial charge in [0.05, 0.1) is 5.75 Å². The van der Waals surface area contributed by atoms with Crippen molar-refractivity contribution in [1.29, 1.82) is 0 Å². The molecule has 1 amide bonds. The Labute approximate surface area is 88.0 Å². The smallest absolute Gasteiger partial charge is 0.243 e. The van der Waals surface area contributed by atoms with E-state index in [1.165, 1.54) is 11.1 Å². The first-order valence-electron chi connectivity index (χ1n) is 4.35. The fourth-order valence-corrected chi connectivity index (χ4v) is 1.98. The molecule has 1 aromatic carbocycles. The standard InChI is InChI=1S/C10H14N2OS/c1-8-4-2-3-5-9(8)6-14-7-10(13)12-11/h2-5H,6-7,11H2,1H3,(H,12,13). The minimum Gasteiger partial charge on any atom is -0.294 e. The lowest BCUT2D eigenvalue weighted by atomic mass is 10.1. The maximum absolute atomic E-state index is 10.8. The lowest BCUT2D eigenvalue weighted by Crippen LogP contribution is -2.31. The van der Waals surface area contributed by atoms with Crippen molar-refractivity contribution in [1.82, 2.24) is 5.43 Å². The second kappa shape index (κ2) is 5.67. The summed E-state index contributed by atoms with van der Waals surface area (Å²) in [4.78, 5) is 10.8. The van der Waals surface area contributed by atoms with Gasteiger partial charge in [-0.15, -0.1) is 11.8 Å². The second-order valence-electron chi connectivity index (χ2n) is 2.99. The van der Waals surface area contributed by atoms with Gasteiger partial charge < -0.3 is 0 Å². The van der Waals surface area contributed by atoms with Crippen LogP contribution < -0.4 is 11.3 Å². The molecule has 0 aromatic heterocycles. The van der Waals surface area contributed by atoms with Gasteiger partial charge in [-0.1, -0.05) is 24.3 Å². The highest BCUT2D eigenvalue weighted by molar-refractivity contribution is 7.99. The number of hydrogen-bond acceptors (Lipinski definition) is 3. The van der Waals surface area contributed by atoms with E-state index in [2.05, 4.69) is 24.5 Å². The number of hydrazine groups is 1. The van der Waals surface area contributed by atoms with Gasteiger partial charge in [-0.05, 0) is 18.1 Å². The van der Waals surface area contributed by atoms with Gasteiger partial charge in [-0.3, -0.25) is 10.2 Å². The third-order valence-corrected chi connectivity index (χ3v) is 2.89. The van der Waals surface area contributed by atoms with E-state index in [0.29, 0.717) is 5.75 Å². The van der Waals surface area contributed by atoms with E-state index in [4.69, 9.17) is 5.84 Å². The van der Waals surface area contributed by atoms with Gasteiger partial charge in [0.2, 0.25) is 5.91 Å². The molecule has 0 heterocycles. The average molecular weight is 210 g/mol. The molecule has 14 heavy (non-hydrogen) atoms. The number of carbonyl (C=O) groups excluding carboxylic acids is 1. The maximum atomic E-state index is 10.8. The second-order valence-corrected chi connectivity index (χ2v) is 3.97. The first kappa shape index (κ1) is 11.1. The van der Waals surface area contributed by atoms with Crippen molar-refractivity contribution in [3.05, 3.63) is 35.4 Å². The molecular weight excluding hydrogens is 196 g/mol. The van der Waals surface area contributed by atoms with Gasteiger partial charge >= 0.3 is 0 Å². The van der Waals surface area contributed by atoms with Crippen LogP contribution in [0.25, 0.3) is 0 Å². The Balaban J connectivity index is 2.39. The molecule has 0 aliphatic rings. The first-order valence-corrected chi connectivity index (χ1v) is 5.51. The first-order chi connectivity index (χ1) is 6.74. The highest BCUT2D eigenvalue weighted by Gasteiger charge is 2.00. The van der Waals surface area contributed by atoms with Crippen LogP contribution in [-0.4, -0.2) is 11.7 Å². The zero-order valence-electron chi connectivity index (χ0n) is 8.12. The number of nitrogens with one attached hydrogen (secondary N) is 1. The molecule has 0 saturated heterocycles. The number of nitrogens with two attached hydrogens (primary N) is 1. The number of amides is 1. The van der Waals surface area contributed by atoms with Crippen LogP contribution in [0.3, 0.4) is 0 Å². The Morgan fingerprint density at radius 3 is 2.86 bits per heavy atom. The zero-order chi connectivity index (χ0) is 10.4. The van der Waals surface area contributed by atoms with Gasteiger partial charge in [0.25, 0.3) is 0 Å². The molecule has 0 saturated carbocycles. The molecule has 0 radical (unpaired) electrons. The minimum absolute atomic E-state index is 0.136. The molecular formula is C10H14N2OS. The Hall–Kier alpha value is -1.00. The van der Waals surface area contributed by atoms with Crippen LogP contribution in [-0.2, 0) is 10.5 Å². The number of thioether (sulfide) groups is 1. The molecule has 0 aliphatic carbocycles. The minimum atomic E-state index is -0.136. The highest BCUT2D eigenvalue weighted by atomic mass is 32.2. The van der Waals surface area contributed by atoms with E-state index in [9.17, 15) is 4.79 Å². The van der Waals surface area contributed by atoms with Crippen molar-refractivity contribution in [2.24, 2.45) is 5.84 Å². The Bertz CT molecular complexity index is 315. The van der Waals surface area contributed by atoms with Crippen molar-refractivity contribution in [2.45, 2.75) is 12.7 Å². The van der Waals surface area contributed by atoms with Crippen LogP contribution in [0.2, 0.25) is 0 Å². The van der Waals surface area contributed by atoms with Crippen molar-refractivity contribution in [2.75, 3.05) is 5.75 Å². The number of hydrogen-bond donors (Lipinski definition) is 2. The van der Waals surface area contributed by atoms with Crippen molar-refractivity contribution in [3.8, 4) is 0 Å². The summed E-state index contributed by atoms with van der Waals surface area (Å²) in [6, 6.07) is 8.16. The van der Waals surface area contributed by atoms with Crippen LogP contribution >= 0.6 is 11.8 Å². The molecule has 1 rings (SSSR count). The average Bonchev–Trinajstić information content (AvgIpc) is 2.20. The number of benzene rings is 1. The monoisotopic (exact) mass is 210 g/mol. The molecule has 0 fully saturated rings. The van der Waals surface area contributed by atoms with Crippen LogP contribution in [0, 0.1) is 6.92 Å². The SMILES string of the molecule is Cc1ccccc1CSCC(=O)NN. The van der Waals surface area contributed by atoms with Crippen LogP contribution in [0.4, 0.5) is 0 Å². The molecule has 1 aromatic rings. The fraction of sp³-hybridized carbons (Fsp3) is 0.300. The molecule has 76 valence electrons. The molecule has 0 spiro atoms. The third-order valence-electron chi connectivity index (χ3n) is 1.91. The van der Waals surface area contributed by atoms with E-state index in [1.807, 2.05) is 12.1 Å². The lowest BCUT2D eigenvalue weighted by Gasteiger charge is -2.04. The molecule has 3 nitrogen and oxygen atoms in total. The predicted octanol–water partition coefficient (Wildman–Crippen LogP) is 1.22. The Kier molecular flexibility index (Phi) is 4.49. The third kappa shape index (κ3) is 3.40. The summed E-state index contributed by atoms with van der Waals surface area (Å²) in [5, 5.41) is 0. The van der Waals surface area contributed by atoms with Crippen molar-refractivity contribution >= 4 is 17.7 Å². The molecule has 3 N–H and O–H groups in total. The normalized spacial score (nSPS) is 9.86. The Morgan fingerprint density at radius 2 is 2.21 bits per heavy atom. The van der Waals surface area contributed by atoms with Gasteiger partial charge in [-0.25, -0.2) is 5.84 Å². The molecule has 0 atom stereocenters. The van der Waals surface area contributed by atoms with Crippen molar-refractivity contribution in [3.63, 3.8) is 0 Å². The van der Waals surface area contributed by atoms with E-state index >= 15 is 0 Å². The van der Waals surface area contributed by atoms with E-state index in [-0.39, 0.29) is 5.91 Å². The Morgan fingerprint density at radius 1 is 1.50 bits per heavy atom. The topological polar surface area (TPSA) is 55.1 Å². The number of carbonyl (C=O) groups is 1. The predicted molar refractivity (Wildman–Crippen MR) is 59.7 cm³/mol. The quantitative estimate of drug-likeness (QED) is 0.446. The summed E-state index contributed by atoms with van der Waals surface area (Å²) in [6.45, 7) is 2.07. The number of aryl methyl sites for hydroxylation is 1. The molecule has 4 heteroatoms. The number of rotatable bonds is 4. The van der Waals surface area contributed by atoms with Crippen molar-refractivity contribution < 1.29 is 4.79 Å². The molecule has 0 bridgehead atoms. The zero-order valence-corrected chi connectivity index (χ0v) is 8.93. The summed E-state index contributed by atoms with van der Waals surface area (Å²) in [5.74, 6) is 6.09. The highest BCUT2D eigenvalue weighted by Crippen LogP contribution is 2.15. The van der Waals surface area contributed by atoms with Gasteiger partial charge in [0.15, 0.2) is 0 Å². The lowest BCUT2D eigenvalue weighted by molar-refractivity contribution is -0.118. The van der Waals surface area contributed by atoms with E-state index < -0.39 is 0 Å².